The molecule has 0 aromatic heterocycles. The molecule has 2 aliphatic rings. The van der Waals surface area contributed by atoms with Gasteiger partial charge in [0.25, 0.3) is 0 Å². The first-order valence-electron chi connectivity index (χ1n) is 10.2. The lowest BCUT2D eigenvalue weighted by atomic mass is 9.74. The van der Waals surface area contributed by atoms with Gasteiger partial charge < -0.3 is 4.90 Å². The SMILES string of the molecule is C=CCN1CC(CN2CCC(c3ccc(F)cc3)CC2)C(C(C)(C)C)C1. The standard InChI is InChI=1S/C23H35FN2/c1-5-12-26-16-20(22(17-26)23(2,3)4)15-25-13-10-19(11-14-25)18-6-8-21(24)9-7-18/h5-9,19-20,22H,1,10-17H2,2-4H3. The fourth-order valence-electron chi connectivity index (χ4n) is 4.97. The fourth-order valence-corrected chi connectivity index (χ4v) is 4.97. The van der Waals surface area contributed by atoms with Crippen LogP contribution in [0.3, 0.4) is 0 Å². The molecule has 0 saturated carbocycles. The third-order valence-corrected chi connectivity index (χ3v) is 6.44. The minimum Gasteiger partial charge on any atom is -0.303 e. The van der Waals surface area contributed by atoms with E-state index in [0.717, 1.165) is 31.5 Å². The molecule has 1 aromatic rings. The Kier molecular flexibility index (Phi) is 6.19. The molecular formula is C23H35FN2. The van der Waals surface area contributed by atoms with Crippen molar-refractivity contribution in [3.05, 3.63) is 48.3 Å². The second-order valence-corrected chi connectivity index (χ2v) is 9.37. The third kappa shape index (κ3) is 4.75. The zero-order valence-electron chi connectivity index (χ0n) is 16.8. The predicted octanol–water partition coefficient (Wildman–Crippen LogP) is 4.79. The van der Waals surface area contributed by atoms with Gasteiger partial charge in [-0.1, -0.05) is 39.0 Å². The monoisotopic (exact) mass is 358 g/mol. The maximum atomic E-state index is 13.1. The lowest BCUT2D eigenvalue weighted by molar-refractivity contribution is 0.130. The van der Waals surface area contributed by atoms with Gasteiger partial charge in [-0.15, -0.1) is 6.58 Å². The summed E-state index contributed by atoms with van der Waals surface area (Å²) < 4.78 is 13.1. The smallest absolute Gasteiger partial charge is 0.123 e. The maximum absolute atomic E-state index is 13.1. The Morgan fingerprint density at radius 2 is 1.73 bits per heavy atom. The van der Waals surface area contributed by atoms with Crippen molar-refractivity contribution in [1.82, 2.24) is 9.80 Å². The van der Waals surface area contributed by atoms with E-state index in [4.69, 9.17) is 0 Å². The second-order valence-electron chi connectivity index (χ2n) is 9.37. The van der Waals surface area contributed by atoms with E-state index in [-0.39, 0.29) is 5.82 Å². The molecule has 0 aliphatic carbocycles. The molecule has 2 unspecified atom stereocenters. The molecule has 2 atom stereocenters. The van der Waals surface area contributed by atoms with Gasteiger partial charge in [-0.2, -0.15) is 0 Å². The molecular weight excluding hydrogens is 323 g/mol. The van der Waals surface area contributed by atoms with Crippen LogP contribution in [0.4, 0.5) is 4.39 Å². The molecule has 2 fully saturated rings. The Labute approximate surface area is 159 Å². The molecule has 2 heterocycles. The van der Waals surface area contributed by atoms with Crippen molar-refractivity contribution < 1.29 is 4.39 Å². The zero-order valence-corrected chi connectivity index (χ0v) is 16.8. The number of likely N-dealkylation sites (tertiary alicyclic amines) is 2. The Balaban J connectivity index is 1.55. The summed E-state index contributed by atoms with van der Waals surface area (Å²) in [5.74, 6) is 1.95. The van der Waals surface area contributed by atoms with Gasteiger partial charge in [-0.3, -0.25) is 4.90 Å². The van der Waals surface area contributed by atoms with E-state index >= 15 is 0 Å². The van der Waals surface area contributed by atoms with Crippen LogP contribution in [0.2, 0.25) is 0 Å². The molecule has 3 heteroatoms. The van der Waals surface area contributed by atoms with Crippen molar-refractivity contribution in [2.75, 3.05) is 39.3 Å². The Morgan fingerprint density at radius 1 is 1.08 bits per heavy atom. The normalized spacial score (nSPS) is 26.3. The Hall–Kier alpha value is -1.19. The van der Waals surface area contributed by atoms with Gasteiger partial charge in [0, 0.05) is 26.2 Å². The number of hydrogen-bond donors (Lipinski definition) is 0. The summed E-state index contributed by atoms with van der Waals surface area (Å²) in [6.07, 6.45) is 4.42. The summed E-state index contributed by atoms with van der Waals surface area (Å²) in [7, 11) is 0. The predicted molar refractivity (Wildman–Crippen MR) is 108 cm³/mol. The molecule has 0 spiro atoms. The molecule has 144 valence electrons. The first kappa shape index (κ1) is 19.6. The fraction of sp³-hybridized carbons (Fsp3) is 0.652. The number of benzene rings is 1. The molecule has 0 N–H and O–H groups in total. The van der Waals surface area contributed by atoms with Crippen LogP contribution >= 0.6 is 0 Å². The number of halogens is 1. The van der Waals surface area contributed by atoms with Crippen LogP contribution in [0.5, 0.6) is 0 Å². The minimum absolute atomic E-state index is 0.135. The van der Waals surface area contributed by atoms with Crippen LogP contribution in [0, 0.1) is 23.1 Å². The zero-order chi connectivity index (χ0) is 18.7. The highest BCUT2D eigenvalue weighted by molar-refractivity contribution is 5.21. The maximum Gasteiger partial charge on any atom is 0.123 e. The van der Waals surface area contributed by atoms with Gasteiger partial charge in [0.2, 0.25) is 0 Å². The van der Waals surface area contributed by atoms with Crippen molar-refractivity contribution >= 4 is 0 Å². The quantitative estimate of drug-likeness (QED) is 0.699. The molecule has 26 heavy (non-hydrogen) atoms. The number of piperidine rings is 1. The first-order chi connectivity index (χ1) is 12.4. The summed E-state index contributed by atoms with van der Waals surface area (Å²) in [5, 5.41) is 0. The largest absolute Gasteiger partial charge is 0.303 e. The van der Waals surface area contributed by atoms with Gasteiger partial charge in [0.15, 0.2) is 0 Å². The number of nitrogens with zero attached hydrogens (tertiary/aromatic N) is 2. The van der Waals surface area contributed by atoms with Crippen molar-refractivity contribution in [3.63, 3.8) is 0 Å². The molecule has 0 amide bonds. The second kappa shape index (κ2) is 8.22. The summed E-state index contributed by atoms with van der Waals surface area (Å²) in [6, 6.07) is 7.13. The lowest BCUT2D eigenvalue weighted by Gasteiger charge is -2.37. The summed E-state index contributed by atoms with van der Waals surface area (Å²) >= 11 is 0. The third-order valence-electron chi connectivity index (χ3n) is 6.44. The van der Waals surface area contributed by atoms with E-state index in [1.807, 2.05) is 18.2 Å². The Bertz CT molecular complexity index is 581. The average Bonchev–Trinajstić information content (AvgIpc) is 3.00. The van der Waals surface area contributed by atoms with E-state index in [9.17, 15) is 4.39 Å². The van der Waals surface area contributed by atoms with E-state index < -0.39 is 0 Å². The van der Waals surface area contributed by atoms with Gasteiger partial charge >= 0.3 is 0 Å². The van der Waals surface area contributed by atoms with Crippen LogP contribution < -0.4 is 0 Å². The van der Waals surface area contributed by atoms with E-state index in [1.165, 1.54) is 38.0 Å². The minimum atomic E-state index is -0.135. The first-order valence-corrected chi connectivity index (χ1v) is 10.2. The van der Waals surface area contributed by atoms with Crippen molar-refractivity contribution in [2.45, 2.75) is 39.5 Å². The molecule has 0 bridgehead atoms. The van der Waals surface area contributed by atoms with Crippen molar-refractivity contribution in [2.24, 2.45) is 17.3 Å². The summed E-state index contributed by atoms with van der Waals surface area (Å²) in [5.41, 5.74) is 1.66. The average molecular weight is 359 g/mol. The molecule has 0 radical (unpaired) electrons. The highest BCUT2D eigenvalue weighted by Gasteiger charge is 2.40. The van der Waals surface area contributed by atoms with Crippen LogP contribution in [0.1, 0.15) is 45.1 Å². The lowest BCUT2D eigenvalue weighted by Crippen LogP contribution is -2.40. The van der Waals surface area contributed by atoms with Gasteiger partial charge in [0.1, 0.15) is 5.82 Å². The summed E-state index contributed by atoms with van der Waals surface area (Å²) in [4.78, 5) is 5.24. The van der Waals surface area contributed by atoms with Gasteiger partial charge in [-0.05, 0) is 66.8 Å². The van der Waals surface area contributed by atoms with Crippen molar-refractivity contribution in [3.8, 4) is 0 Å². The van der Waals surface area contributed by atoms with Gasteiger partial charge in [0.05, 0.1) is 0 Å². The van der Waals surface area contributed by atoms with Crippen LogP contribution in [0.15, 0.2) is 36.9 Å². The highest BCUT2D eigenvalue weighted by Crippen LogP contribution is 2.39. The van der Waals surface area contributed by atoms with Crippen LogP contribution in [-0.4, -0.2) is 49.1 Å². The highest BCUT2D eigenvalue weighted by atomic mass is 19.1. The topological polar surface area (TPSA) is 6.48 Å². The molecule has 1 aromatic carbocycles. The molecule has 2 nitrogen and oxygen atoms in total. The summed E-state index contributed by atoms with van der Waals surface area (Å²) in [6.45, 7) is 18.0. The van der Waals surface area contributed by atoms with Crippen LogP contribution in [0.25, 0.3) is 0 Å². The molecule has 2 aliphatic heterocycles. The van der Waals surface area contributed by atoms with E-state index in [2.05, 4.69) is 37.1 Å². The Morgan fingerprint density at radius 3 is 2.31 bits per heavy atom. The molecule has 2 saturated heterocycles. The molecule has 3 rings (SSSR count). The number of hydrogen-bond acceptors (Lipinski definition) is 2. The number of rotatable bonds is 5. The van der Waals surface area contributed by atoms with Gasteiger partial charge in [-0.25, -0.2) is 4.39 Å². The van der Waals surface area contributed by atoms with Crippen LogP contribution in [-0.2, 0) is 0 Å². The van der Waals surface area contributed by atoms with Crippen molar-refractivity contribution in [1.29, 1.82) is 0 Å². The van der Waals surface area contributed by atoms with E-state index in [1.54, 1.807) is 12.1 Å². The van der Waals surface area contributed by atoms with E-state index in [0.29, 0.717) is 11.3 Å².